The van der Waals surface area contributed by atoms with Gasteiger partial charge in [0.15, 0.2) is 0 Å². The molecule has 1 saturated heterocycles. The average Bonchev–Trinajstić information content (AvgIpc) is 3.14. The van der Waals surface area contributed by atoms with Gasteiger partial charge >= 0.3 is 0 Å². The minimum absolute atomic E-state index is 0.00681. The summed E-state index contributed by atoms with van der Waals surface area (Å²) in [6, 6.07) is 7.45. The van der Waals surface area contributed by atoms with E-state index in [-0.39, 0.29) is 29.8 Å². The molecular weight excluding hydrogens is 358 g/mol. The Morgan fingerprint density at radius 1 is 1.07 bits per heavy atom. The van der Waals surface area contributed by atoms with Crippen LogP contribution in [0.3, 0.4) is 0 Å². The number of para-hydroxylation sites is 1. The molecular formula is C21H27N3O4. The number of aliphatic hydroxyl groups is 1. The number of carbonyl (C=O) groups excluding carboxylic acids is 2. The lowest BCUT2D eigenvalue weighted by molar-refractivity contribution is -0.128. The van der Waals surface area contributed by atoms with Gasteiger partial charge < -0.3 is 25.5 Å². The first-order valence-corrected chi connectivity index (χ1v) is 10.0. The molecule has 28 heavy (non-hydrogen) atoms. The van der Waals surface area contributed by atoms with Gasteiger partial charge in [0.25, 0.3) is 5.91 Å². The first kappa shape index (κ1) is 19.0. The Balaban J connectivity index is 1.32. The molecule has 1 saturated carbocycles. The highest BCUT2D eigenvalue weighted by Crippen LogP contribution is 2.26. The fourth-order valence-corrected chi connectivity index (χ4v) is 4.22. The van der Waals surface area contributed by atoms with Crippen LogP contribution in [0.15, 0.2) is 30.5 Å². The summed E-state index contributed by atoms with van der Waals surface area (Å²) in [4.78, 5) is 28.3. The first-order chi connectivity index (χ1) is 13.6. The molecule has 1 aromatic carbocycles. The third kappa shape index (κ3) is 4.05. The highest BCUT2D eigenvalue weighted by molar-refractivity contribution is 6.06. The molecule has 2 aliphatic rings. The third-order valence-electron chi connectivity index (χ3n) is 5.91. The summed E-state index contributed by atoms with van der Waals surface area (Å²) in [7, 11) is 0. The van der Waals surface area contributed by atoms with E-state index in [1.54, 1.807) is 6.20 Å². The number of nitrogens with one attached hydrogen (secondary N) is 3. The fourth-order valence-electron chi connectivity index (χ4n) is 4.22. The van der Waals surface area contributed by atoms with Crippen molar-refractivity contribution in [1.29, 1.82) is 0 Å². The van der Waals surface area contributed by atoms with Crippen molar-refractivity contribution < 1.29 is 19.4 Å². The lowest BCUT2D eigenvalue weighted by Gasteiger charge is -2.34. The molecule has 1 aliphatic carbocycles. The van der Waals surface area contributed by atoms with Crippen LogP contribution in [-0.4, -0.2) is 53.3 Å². The smallest absolute Gasteiger partial charge is 0.253 e. The van der Waals surface area contributed by atoms with Crippen molar-refractivity contribution in [1.82, 2.24) is 15.6 Å². The molecule has 2 amide bonds. The van der Waals surface area contributed by atoms with Crippen molar-refractivity contribution in [3.8, 4) is 0 Å². The number of aliphatic hydroxyl groups excluding tert-OH is 1. The maximum Gasteiger partial charge on any atom is 0.253 e. The zero-order chi connectivity index (χ0) is 19.5. The molecule has 7 heteroatoms. The minimum atomic E-state index is -0.728. The molecule has 0 spiro atoms. The molecule has 1 aliphatic heterocycles. The van der Waals surface area contributed by atoms with Gasteiger partial charge in [0, 0.05) is 42.3 Å². The number of ether oxygens (including phenoxy) is 1. The van der Waals surface area contributed by atoms with E-state index in [9.17, 15) is 14.7 Å². The van der Waals surface area contributed by atoms with Crippen molar-refractivity contribution in [2.24, 2.45) is 5.92 Å². The predicted molar refractivity (Wildman–Crippen MR) is 105 cm³/mol. The molecule has 4 rings (SSSR count). The summed E-state index contributed by atoms with van der Waals surface area (Å²) < 4.78 is 5.32. The molecule has 0 bridgehead atoms. The molecule has 2 fully saturated rings. The van der Waals surface area contributed by atoms with Gasteiger partial charge in [-0.25, -0.2) is 0 Å². The van der Waals surface area contributed by atoms with Crippen LogP contribution >= 0.6 is 0 Å². The normalized spacial score (nSPS) is 26.1. The van der Waals surface area contributed by atoms with E-state index in [4.69, 9.17) is 4.74 Å². The summed E-state index contributed by atoms with van der Waals surface area (Å²) in [5.74, 6) is -0.405. The van der Waals surface area contributed by atoms with Gasteiger partial charge in [0.1, 0.15) is 0 Å². The summed E-state index contributed by atoms with van der Waals surface area (Å²) in [6.07, 6.45) is 4.25. The highest BCUT2D eigenvalue weighted by Gasteiger charge is 2.34. The summed E-state index contributed by atoms with van der Waals surface area (Å²) in [5.41, 5.74) is 1.48. The Hall–Kier alpha value is -2.38. The van der Waals surface area contributed by atoms with Crippen LogP contribution in [0.2, 0.25) is 0 Å². The second-order valence-electron chi connectivity index (χ2n) is 7.80. The van der Waals surface area contributed by atoms with Gasteiger partial charge in [-0.3, -0.25) is 9.59 Å². The molecule has 1 aromatic heterocycles. The van der Waals surface area contributed by atoms with E-state index in [1.807, 2.05) is 24.3 Å². The van der Waals surface area contributed by atoms with Crippen molar-refractivity contribution in [2.75, 3.05) is 13.2 Å². The van der Waals surface area contributed by atoms with Crippen molar-refractivity contribution in [3.63, 3.8) is 0 Å². The SMILES string of the molecule is O=C(N[C@H]1CC[C@H](C(=O)NC2CCOCC2)C[C@@H]1O)c1c[nH]c2ccccc12. The van der Waals surface area contributed by atoms with Crippen LogP contribution in [0.25, 0.3) is 10.9 Å². The van der Waals surface area contributed by atoms with Gasteiger partial charge in [-0.15, -0.1) is 0 Å². The van der Waals surface area contributed by atoms with Crippen molar-refractivity contribution >= 4 is 22.7 Å². The van der Waals surface area contributed by atoms with E-state index < -0.39 is 6.10 Å². The summed E-state index contributed by atoms with van der Waals surface area (Å²) in [6.45, 7) is 1.36. The molecule has 2 heterocycles. The first-order valence-electron chi connectivity index (χ1n) is 10.0. The molecule has 2 aromatic rings. The predicted octanol–water partition coefficient (Wildman–Crippen LogP) is 1.72. The van der Waals surface area contributed by atoms with E-state index in [0.29, 0.717) is 38.0 Å². The zero-order valence-corrected chi connectivity index (χ0v) is 15.8. The monoisotopic (exact) mass is 385 g/mol. The fraction of sp³-hybridized carbons (Fsp3) is 0.524. The van der Waals surface area contributed by atoms with Crippen LogP contribution in [0.4, 0.5) is 0 Å². The van der Waals surface area contributed by atoms with Crippen molar-refractivity contribution in [2.45, 2.75) is 50.3 Å². The number of hydrogen-bond donors (Lipinski definition) is 4. The van der Waals surface area contributed by atoms with Gasteiger partial charge in [-0.1, -0.05) is 18.2 Å². The number of rotatable bonds is 4. The maximum absolute atomic E-state index is 12.7. The third-order valence-corrected chi connectivity index (χ3v) is 5.91. The molecule has 150 valence electrons. The van der Waals surface area contributed by atoms with E-state index in [1.165, 1.54) is 0 Å². The van der Waals surface area contributed by atoms with Crippen molar-refractivity contribution in [3.05, 3.63) is 36.0 Å². The van der Waals surface area contributed by atoms with Gasteiger partial charge in [0.05, 0.1) is 17.7 Å². The summed E-state index contributed by atoms with van der Waals surface area (Å²) in [5, 5.41) is 17.4. The molecule has 0 radical (unpaired) electrons. The van der Waals surface area contributed by atoms with Crippen LogP contribution in [0, 0.1) is 5.92 Å². The Bertz CT molecular complexity index is 843. The average molecular weight is 385 g/mol. The summed E-state index contributed by atoms with van der Waals surface area (Å²) >= 11 is 0. The van der Waals surface area contributed by atoms with Gasteiger partial charge in [-0.2, -0.15) is 0 Å². The number of aromatic amines is 1. The van der Waals surface area contributed by atoms with E-state index in [0.717, 1.165) is 23.7 Å². The standard InChI is InChI=1S/C21H27N3O4/c25-19-11-13(20(26)23-14-7-9-28-10-8-14)5-6-18(19)24-21(27)16-12-22-17-4-2-1-3-15(16)17/h1-4,12-14,18-19,22,25H,5-11H2,(H,23,26)(H,24,27)/t13-,18-,19-/m0/s1. The number of hydrogen-bond acceptors (Lipinski definition) is 4. The van der Waals surface area contributed by atoms with Gasteiger partial charge in [-0.05, 0) is 38.2 Å². The molecule has 4 N–H and O–H groups in total. The largest absolute Gasteiger partial charge is 0.391 e. The molecule has 3 atom stereocenters. The lowest BCUT2D eigenvalue weighted by atomic mass is 9.83. The lowest BCUT2D eigenvalue weighted by Crippen LogP contribution is -2.50. The molecule has 7 nitrogen and oxygen atoms in total. The van der Waals surface area contributed by atoms with E-state index in [2.05, 4.69) is 15.6 Å². The topological polar surface area (TPSA) is 103 Å². The number of carbonyl (C=O) groups is 2. The van der Waals surface area contributed by atoms with E-state index >= 15 is 0 Å². The number of fused-ring (bicyclic) bond motifs is 1. The van der Waals surface area contributed by atoms with Crippen LogP contribution in [0.1, 0.15) is 42.5 Å². The Kier molecular flexibility index (Phi) is 5.64. The Morgan fingerprint density at radius 2 is 1.86 bits per heavy atom. The van der Waals surface area contributed by atoms with Gasteiger partial charge in [0.2, 0.25) is 5.91 Å². The highest BCUT2D eigenvalue weighted by atomic mass is 16.5. The van der Waals surface area contributed by atoms with Crippen LogP contribution in [0.5, 0.6) is 0 Å². The second kappa shape index (κ2) is 8.32. The molecule has 0 unspecified atom stereocenters. The Labute approximate surface area is 163 Å². The zero-order valence-electron chi connectivity index (χ0n) is 15.8. The van der Waals surface area contributed by atoms with Crippen LogP contribution < -0.4 is 10.6 Å². The number of aromatic nitrogens is 1. The number of benzene rings is 1. The second-order valence-corrected chi connectivity index (χ2v) is 7.80. The quantitative estimate of drug-likeness (QED) is 0.643. The minimum Gasteiger partial charge on any atom is -0.391 e. The maximum atomic E-state index is 12.7. The Morgan fingerprint density at radius 3 is 2.64 bits per heavy atom. The van der Waals surface area contributed by atoms with Crippen LogP contribution in [-0.2, 0) is 9.53 Å². The number of amides is 2. The number of H-pyrrole nitrogens is 1.